The molecule has 1 aliphatic heterocycles. The third-order valence-electron chi connectivity index (χ3n) is 4.02. The molecule has 20 heavy (non-hydrogen) atoms. The highest BCUT2D eigenvalue weighted by Crippen LogP contribution is 2.24. The van der Waals surface area contributed by atoms with Gasteiger partial charge in [0.2, 0.25) is 0 Å². The quantitative estimate of drug-likeness (QED) is 0.821. The molecule has 1 saturated heterocycles. The van der Waals surface area contributed by atoms with Crippen molar-refractivity contribution >= 4 is 11.3 Å². The zero-order valence-electron chi connectivity index (χ0n) is 13.3. The van der Waals surface area contributed by atoms with E-state index in [1.54, 1.807) is 0 Å². The second-order valence-corrected chi connectivity index (χ2v) is 7.51. The van der Waals surface area contributed by atoms with Crippen molar-refractivity contribution in [2.24, 2.45) is 0 Å². The molecule has 0 saturated carbocycles. The van der Waals surface area contributed by atoms with Crippen LogP contribution in [0.1, 0.15) is 49.4 Å². The molecular weight excluding hydrogens is 264 g/mol. The Labute approximate surface area is 127 Å². The molecule has 0 amide bonds. The minimum absolute atomic E-state index is 0.489. The second-order valence-electron chi connectivity index (χ2n) is 6.19. The molecule has 3 heteroatoms. The van der Waals surface area contributed by atoms with E-state index in [0.29, 0.717) is 12.1 Å². The predicted molar refractivity (Wildman–Crippen MR) is 89.5 cm³/mol. The summed E-state index contributed by atoms with van der Waals surface area (Å²) >= 11 is 1.92. The zero-order valence-corrected chi connectivity index (χ0v) is 14.1. The lowest BCUT2D eigenvalue weighted by molar-refractivity contribution is 0.208. The van der Waals surface area contributed by atoms with Gasteiger partial charge in [0, 0.05) is 28.4 Å². The maximum absolute atomic E-state index is 3.80. The average molecular weight is 292 g/mol. The molecule has 0 aliphatic carbocycles. The number of nitrogens with one attached hydrogen (secondary N) is 1. The van der Waals surface area contributed by atoms with Gasteiger partial charge < -0.3 is 5.32 Å². The van der Waals surface area contributed by atoms with Crippen LogP contribution in [0.4, 0.5) is 0 Å². The highest BCUT2D eigenvalue weighted by molar-refractivity contribution is 7.12. The molecule has 1 aliphatic rings. The van der Waals surface area contributed by atoms with E-state index in [-0.39, 0.29) is 0 Å². The molecule has 1 aromatic heterocycles. The standard InChI is InChI=1S/C17H28N2S/c1-13(2)7-10-19-11-8-16(9-12-19)18-15(4)17-6-5-14(3)20-17/h5-7,15-16,18H,8-12H2,1-4H3. The zero-order chi connectivity index (χ0) is 14.5. The minimum atomic E-state index is 0.489. The molecule has 0 aromatic carbocycles. The van der Waals surface area contributed by atoms with Crippen molar-refractivity contribution in [3.8, 4) is 0 Å². The smallest absolute Gasteiger partial charge is 0.0388 e. The first kappa shape index (κ1) is 15.7. The SMILES string of the molecule is CC(C)=CCN1CCC(NC(C)c2ccc(C)s2)CC1. The predicted octanol–water partition coefficient (Wildman–Crippen LogP) is 4.14. The van der Waals surface area contributed by atoms with Gasteiger partial charge in [-0.05, 0) is 65.8 Å². The van der Waals surface area contributed by atoms with Crippen LogP contribution in [0, 0.1) is 6.92 Å². The summed E-state index contributed by atoms with van der Waals surface area (Å²) < 4.78 is 0. The first-order chi connectivity index (χ1) is 9.54. The van der Waals surface area contributed by atoms with E-state index >= 15 is 0 Å². The van der Waals surface area contributed by atoms with Crippen LogP contribution < -0.4 is 5.32 Å². The molecule has 2 nitrogen and oxygen atoms in total. The summed E-state index contributed by atoms with van der Waals surface area (Å²) in [6, 6.07) is 5.65. The van der Waals surface area contributed by atoms with Crippen molar-refractivity contribution in [2.75, 3.05) is 19.6 Å². The molecule has 2 heterocycles. The van der Waals surface area contributed by atoms with Gasteiger partial charge in [0.25, 0.3) is 0 Å². The van der Waals surface area contributed by atoms with Gasteiger partial charge >= 0.3 is 0 Å². The maximum atomic E-state index is 3.80. The largest absolute Gasteiger partial charge is 0.307 e. The molecule has 0 radical (unpaired) electrons. The van der Waals surface area contributed by atoms with Crippen molar-refractivity contribution < 1.29 is 0 Å². The van der Waals surface area contributed by atoms with Gasteiger partial charge in [0.15, 0.2) is 0 Å². The lowest BCUT2D eigenvalue weighted by Gasteiger charge is -2.33. The maximum Gasteiger partial charge on any atom is 0.0388 e. The second kappa shape index (κ2) is 7.39. The van der Waals surface area contributed by atoms with Gasteiger partial charge in [-0.2, -0.15) is 0 Å². The molecule has 0 spiro atoms. The number of likely N-dealkylation sites (tertiary alicyclic amines) is 1. The van der Waals surface area contributed by atoms with Crippen molar-refractivity contribution in [1.29, 1.82) is 0 Å². The van der Waals surface area contributed by atoms with E-state index in [1.165, 1.54) is 41.3 Å². The fourth-order valence-corrected chi connectivity index (χ4v) is 3.60. The van der Waals surface area contributed by atoms with E-state index in [9.17, 15) is 0 Å². The van der Waals surface area contributed by atoms with Crippen molar-refractivity contribution in [1.82, 2.24) is 10.2 Å². The molecule has 1 fully saturated rings. The van der Waals surface area contributed by atoms with Crippen LogP contribution in [-0.4, -0.2) is 30.6 Å². The Morgan fingerprint density at radius 3 is 2.65 bits per heavy atom. The van der Waals surface area contributed by atoms with E-state index < -0.39 is 0 Å². The molecule has 1 N–H and O–H groups in total. The van der Waals surface area contributed by atoms with Crippen LogP contribution in [0.2, 0.25) is 0 Å². The molecule has 1 unspecified atom stereocenters. The van der Waals surface area contributed by atoms with Crippen LogP contribution >= 0.6 is 11.3 Å². The third kappa shape index (κ3) is 4.72. The van der Waals surface area contributed by atoms with E-state index in [0.717, 1.165) is 6.54 Å². The summed E-state index contributed by atoms with van der Waals surface area (Å²) in [6.45, 7) is 12.4. The first-order valence-electron chi connectivity index (χ1n) is 7.72. The molecule has 112 valence electrons. The lowest BCUT2D eigenvalue weighted by Crippen LogP contribution is -2.43. The van der Waals surface area contributed by atoms with Gasteiger partial charge in [-0.3, -0.25) is 4.90 Å². The van der Waals surface area contributed by atoms with Crippen LogP contribution in [0.25, 0.3) is 0 Å². The number of hydrogen-bond acceptors (Lipinski definition) is 3. The van der Waals surface area contributed by atoms with Gasteiger partial charge in [0.05, 0.1) is 0 Å². The molecule has 0 bridgehead atoms. The van der Waals surface area contributed by atoms with Crippen LogP contribution in [-0.2, 0) is 0 Å². The number of thiophene rings is 1. The van der Waals surface area contributed by atoms with Crippen molar-refractivity contribution in [2.45, 2.75) is 52.6 Å². The molecular formula is C17H28N2S. The monoisotopic (exact) mass is 292 g/mol. The molecule has 1 aromatic rings. The fourth-order valence-electron chi connectivity index (χ4n) is 2.72. The Morgan fingerprint density at radius 1 is 1.40 bits per heavy atom. The van der Waals surface area contributed by atoms with Crippen molar-refractivity contribution in [3.63, 3.8) is 0 Å². The number of aryl methyl sites for hydroxylation is 1. The summed E-state index contributed by atoms with van der Waals surface area (Å²) in [4.78, 5) is 5.44. The third-order valence-corrected chi connectivity index (χ3v) is 5.20. The summed E-state index contributed by atoms with van der Waals surface area (Å²) in [6.07, 6.45) is 4.88. The summed E-state index contributed by atoms with van der Waals surface area (Å²) in [5.41, 5.74) is 1.42. The first-order valence-corrected chi connectivity index (χ1v) is 8.54. The fraction of sp³-hybridized carbons (Fsp3) is 0.647. The number of rotatable bonds is 5. The number of allylic oxidation sites excluding steroid dienone is 1. The Bertz CT molecular complexity index is 438. The van der Waals surface area contributed by atoms with Gasteiger partial charge in [0.1, 0.15) is 0 Å². The van der Waals surface area contributed by atoms with E-state index in [1.807, 2.05) is 11.3 Å². The normalized spacial score (nSPS) is 19.0. The highest BCUT2D eigenvalue weighted by Gasteiger charge is 2.20. The Kier molecular flexibility index (Phi) is 5.82. The Balaban J connectivity index is 1.75. The van der Waals surface area contributed by atoms with E-state index in [2.05, 4.69) is 56.1 Å². The van der Waals surface area contributed by atoms with Gasteiger partial charge in [-0.15, -0.1) is 11.3 Å². The van der Waals surface area contributed by atoms with Crippen LogP contribution in [0.3, 0.4) is 0 Å². The topological polar surface area (TPSA) is 15.3 Å². The number of piperidine rings is 1. The average Bonchev–Trinajstić information content (AvgIpc) is 2.85. The molecule has 2 rings (SSSR count). The van der Waals surface area contributed by atoms with E-state index in [4.69, 9.17) is 0 Å². The summed E-state index contributed by atoms with van der Waals surface area (Å²) in [5, 5.41) is 3.80. The van der Waals surface area contributed by atoms with Gasteiger partial charge in [-0.1, -0.05) is 11.6 Å². The van der Waals surface area contributed by atoms with Gasteiger partial charge in [-0.25, -0.2) is 0 Å². The Hall–Kier alpha value is -0.640. The Morgan fingerprint density at radius 2 is 2.10 bits per heavy atom. The number of hydrogen-bond donors (Lipinski definition) is 1. The molecule has 1 atom stereocenters. The summed E-state index contributed by atoms with van der Waals surface area (Å²) in [5.74, 6) is 0. The minimum Gasteiger partial charge on any atom is -0.307 e. The number of nitrogens with zero attached hydrogens (tertiary/aromatic N) is 1. The van der Waals surface area contributed by atoms with Crippen molar-refractivity contribution in [3.05, 3.63) is 33.5 Å². The van der Waals surface area contributed by atoms with Crippen LogP contribution in [0.5, 0.6) is 0 Å². The lowest BCUT2D eigenvalue weighted by atomic mass is 10.0. The summed E-state index contributed by atoms with van der Waals surface area (Å²) in [7, 11) is 0. The highest BCUT2D eigenvalue weighted by atomic mass is 32.1. The van der Waals surface area contributed by atoms with Crippen LogP contribution in [0.15, 0.2) is 23.8 Å².